The summed E-state index contributed by atoms with van der Waals surface area (Å²) in [4.78, 5) is 40.2. The standard InChI is InChI=1S/C28H16ClF5N5O2/c29-19-6-7-36-25-20(19)17(12-39-25)21(40)18-9-26(35,13-4-2-1-3-5-13)28(33,34)23(27(18,31)32)22(41)16-11-38-24-15(16)8-14(30)10-37-24/h1-12,23,35H,(H,36,39)(H,37,38)/q-1. The van der Waals surface area contributed by atoms with E-state index in [9.17, 15) is 14.0 Å². The van der Waals surface area contributed by atoms with E-state index >= 15 is 17.6 Å². The normalized spacial score (nSPS) is 21.6. The van der Waals surface area contributed by atoms with E-state index < -0.39 is 62.9 Å². The van der Waals surface area contributed by atoms with Gasteiger partial charge in [-0.1, -0.05) is 53.6 Å². The smallest absolute Gasteiger partial charge is 0.292 e. The van der Waals surface area contributed by atoms with Crippen molar-refractivity contribution >= 4 is 45.2 Å². The van der Waals surface area contributed by atoms with Crippen LogP contribution in [0, 0.1) is 11.7 Å². The zero-order valence-electron chi connectivity index (χ0n) is 20.5. The van der Waals surface area contributed by atoms with Crippen molar-refractivity contribution in [1.82, 2.24) is 19.9 Å². The molecule has 5 aromatic rings. The van der Waals surface area contributed by atoms with Crippen LogP contribution in [0.1, 0.15) is 26.3 Å². The van der Waals surface area contributed by atoms with E-state index in [2.05, 4.69) is 19.9 Å². The number of carbonyl (C=O) groups is 2. The molecule has 4 heterocycles. The molecule has 41 heavy (non-hydrogen) atoms. The molecule has 0 saturated carbocycles. The summed E-state index contributed by atoms with van der Waals surface area (Å²) in [7, 11) is 0. The number of carbonyl (C=O) groups excluding carboxylic acids is 2. The summed E-state index contributed by atoms with van der Waals surface area (Å²) in [5.41, 5.74) is 2.50. The van der Waals surface area contributed by atoms with E-state index in [1.165, 1.54) is 30.5 Å². The van der Waals surface area contributed by atoms with E-state index in [-0.39, 0.29) is 33.2 Å². The van der Waals surface area contributed by atoms with Crippen LogP contribution in [0.15, 0.2) is 78.9 Å². The Hall–Kier alpha value is -4.42. The van der Waals surface area contributed by atoms with Crippen LogP contribution in [0.4, 0.5) is 22.0 Å². The Morgan fingerprint density at radius 3 is 2.37 bits per heavy atom. The summed E-state index contributed by atoms with van der Waals surface area (Å²) in [5.74, 6) is -17.3. The summed E-state index contributed by atoms with van der Waals surface area (Å²) in [5, 5.41) is -0.371. The second kappa shape index (κ2) is 9.05. The van der Waals surface area contributed by atoms with E-state index in [0.717, 1.165) is 36.8 Å². The molecule has 1 aliphatic rings. The Bertz CT molecular complexity index is 1900. The summed E-state index contributed by atoms with van der Waals surface area (Å²) in [6.07, 6.45) is 4.22. The summed E-state index contributed by atoms with van der Waals surface area (Å²) in [6, 6.07) is 8.43. The molecule has 0 bridgehead atoms. The molecule has 1 aliphatic carbocycles. The van der Waals surface area contributed by atoms with Gasteiger partial charge in [0.15, 0.2) is 17.5 Å². The maximum atomic E-state index is 16.3. The van der Waals surface area contributed by atoms with Crippen molar-refractivity contribution in [3.63, 3.8) is 0 Å². The minimum absolute atomic E-state index is 0.0224. The molecule has 2 atom stereocenters. The predicted molar refractivity (Wildman–Crippen MR) is 140 cm³/mol. The molecule has 4 aromatic heterocycles. The van der Waals surface area contributed by atoms with Crippen molar-refractivity contribution in [3.05, 3.63) is 112 Å². The number of halogens is 6. The van der Waals surface area contributed by atoms with Gasteiger partial charge in [-0.15, -0.1) is 0 Å². The number of aromatic amines is 2. The first kappa shape index (κ1) is 26.8. The molecule has 0 fully saturated rings. The summed E-state index contributed by atoms with van der Waals surface area (Å²) in [6.45, 7) is 0. The Labute approximate surface area is 232 Å². The third-order valence-electron chi connectivity index (χ3n) is 7.24. The van der Waals surface area contributed by atoms with E-state index in [4.69, 9.17) is 17.3 Å². The molecule has 0 amide bonds. The van der Waals surface area contributed by atoms with Crippen molar-refractivity contribution in [2.75, 3.05) is 0 Å². The van der Waals surface area contributed by atoms with Crippen LogP contribution in [0.2, 0.25) is 5.02 Å². The fourth-order valence-electron chi connectivity index (χ4n) is 5.22. The van der Waals surface area contributed by atoms with Crippen LogP contribution in [0.3, 0.4) is 0 Å². The van der Waals surface area contributed by atoms with Crippen LogP contribution in [0.25, 0.3) is 27.8 Å². The van der Waals surface area contributed by atoms with Gasteiger partial charge >= 0.3 is 0 Å². The topological polar surface area (TPSA) is 115 Å². The number of Topliss-reactive ketones (excluding diaryl/α,β-unsaturated/α-hetero) is 2. The molecule has 2 unspecified atom stereocenters. The largest absolute Gasteiger partial charge is 0.660 e. The molecule has 1 aromatic carbocycles. The average molecular weight is 585 g/mol. The zero-order chi connectivity index (χ0) is 29.3. The molecule has 3 N–H and O–H groups in total. The lowest BCUT2D eigenvalue weighted by atomic mass is 9.65. The third kappa shape index (κ3) is 3.81. The Morgan fingerprint density at radius 1 is 0.951 bits per heavy atom. The quantitative estimate of drug-likeness (QED) is 0.170. The van der Waals surface area contributed by atoms with Crippen molar-refractivity contribution in [2.45, 2.75) is 17.4 Å². The van der Waals surface area contributed by atoms with Crippen molar-refractivity contribution in [3.8, 4) is 0 Å². The fourth-order valence-corrected chi connectivity index (χ4v) is 5.47. The summed E-state index contributed by atoms with van der Waals surface area (Å²) >= 11 is 6.20. The van der Waals surface area contributed by atoms with E-state index in [1.807, 2.05) is 0 Å². The number of H-pyrrole nitrogens is 2. The molecule has 6 rings (SSSR count). The molecular formula is C28H16ClF5N5O2-. The highest BCUT2D eigenvalue weighted by Crippen LogP contribution is 2.58. The molecule has 0 aliphatic heterocycles. The first-order valence-corrected chi connectivity index (χ1v) is 12.4. The highest BCUT2D eigenvalue weighted by Gasteiger charge is 2.69. The van der Waals surface area contributed by atoms with Gasteiger partial charge in [0.2, 0.25) is 0 Å². The molecule has 0 radical (unpaired) electrons. The molecule has 208 valence electrons. The van der Waals surface area contributed by atoms with Gasteiger partial charge in [-0.25, -0.2) is 31.9 Å². The number of aromatic nitrogens is 4. The number of hydrogen-bond donors (Lipinski definition) is 2. The molecular weight excluding hydrogens is 569 g/mol. The number of ketones is 2. The average Bonchev–Trinajstić information content (AvgIpc) is 3.56. The van der Waals surface area contributed by atoms with Crippen molar-refractivity contribution < 1.29 is 31.5 Å². The fraction of sp³-hybridized carbons (Fsp3) is 0.143. The summed E-state index contributed by atoms with van der Waals surface area (Å²) < 4.78 is 79.3. The van der Waals surface area contributed by atoms with Gasteiger partial charge in [-0.2, -0.15) is 0 Å². The van der Waals surface area contributed by atoms with Crippen LogP contribution in [-0.4, -0.2) is 43.3 Å². The lowest BCUT2D eigenvalue weighted by Gasteiger charge is -2.52. The maximum Gasteiger partial charge on any atom is 0.292 e. The van der Waals surface area contributed by atoms with Gasteiger partial charge in [0, 0.05) is 34.9 Å². The van der Waals surface area contributed by atoms with Crippen molar-refractivity contribution in [2.24, 2.45) is 5.92 Å². The SMILES string of the molecule is [NH-]C1(c2ccccc2)C=C(C(=O)c2c[nH]c3nccc(Cl)c23)C(F)(F)C(C(=O)c2c[nH]c3ncc(F)cc23)C1(F)F. The molecule has 0 spiro atoms. The van der Waals surface area contributed by atoms with E-state index in [1.54, 1.807) is 0 Å². The Kier molecular flexibility index (Phi) is 5.91. The van der Waals surface area contributed by atoms with Gasteiger partial charge in [-0.05, 0) is 17.7 Å². The molecule has 0 saturated heterocycles. The van der Waals surface area contributed by atoms with Crippen LogP contribution in [0.5, 0.6) is 0 Å². The number of hydrogen-bond acceptors (Lipinski definition) is 4. The lowest BCUT2D eigenvalue weighted by Crippen LogP contribution is -2.60. The second-order valence-electron chi connectivity index (χ2n) is 9.58. The van der Waals surface area contributed by atoms with Crippen LogP contribution >= 0.6 is 11.6 Å². The van der Waals surface area contributed by atoms with Gasteiger partial charge in [-0.3, -0.25) is 9.59 Å². The van der Waals surface area contributed by atoms with Gasteiger partial charge in [0.1, 0.15) is 17.1 Å². The minimum Gasteiger partial charge on any atom is -0.660 e. The number of benzene rings is 1. The molecule has 13 heteroatoms. The zero-order valence-corrected chi connectivity index (χ0v) is 21.2. The number of nitrogens with one attached hydrogen (secondary N) is 3. The van der Waals surface area contributed by atoms with Crippen LogP contribution in [-0.2, 0) is 5.54 Å². The number of alkyl halides is 4. The highest BCUT2D eigenvalue weighted by molar-refractivity contribution is 6.37. The predicted octanol–water partition coefficient (Wildman–Crippen LogP) is 7.07. The lowest BCUT2D eigenvalue weighted by molar-refractivity contribution is -0.164. The second-order valence-corrected chi connectivity index (χ2v) is 9.98. The maximum absolute atomic E-state index is 16.3. The number of fused-ring (bicyclic) bond motifs is 2. The number of pyridine rings is 2. The first-order valence-electron chi connectivity index (χ1n) is 12.0. The van der Waals surface area contributed by atoms with E-state index in [0.29, 0.717) is 0 Å². The molecule has 7 nitrogen and oxygen atoms in total. The minimum atomic E-state index is -4.79. The third-order valence-corrected chi connectivity index (χ3v) is 7.55. The Balaban J connectivity index is 1.60. The number of rotatable bonds is 5. The van der Waals surface area contributed by atoms with Gasteiger partial charge in [0.25, 0.3) is 11.8 Å². The Morgan fingerprint density at radius 2 is 1.63 bits per heavy atom. The van der Waals surface area contributed by atoms with Crippen LogP contribution < -0.4 is 0 Å². The highest BCUT2D eigenvalue weighted by atomic mass is 35.5. The monoisotopic (exact) mass is 584 g/mol. The van der Waals surface area contributed by atoms with Gasteiger partial charge in [0.05, 0.1) is 22.4 Å². The van der Waals surface area contributed by atoms with Gasteiger partial charge < -0.3 is 15.7 Å². The first-order chi connectivity index (χ1) is 19.4. The van der Waals surface area contributed by atoms with Crippen molar-refractivity contribution in [1.29, 1.82) is 0 Å². The number of allylic oxidation sites excluding steroid dienone is 1. The number of nitrogens with zero attached hydrogens (tertiary/aromatic N) is 2.